The van der Waals surface area contributed by atoms with E-state index in [0.29, 0.717) is 6.07 Å². The average molecular weight is 309 g/mol. The molecule has 2 N–H and O–H groups in total. The van der Waals surface area contributed by atoms with E-state index in [1.807, 2.05) is 0 Å². The number of nitrogens with one attached hydrogen (secondary N) is 1. The van der Waals surface area contributed by atoms with Gasteiger partial charge in [0.25, 0.3) is 0 Å². The van der Waals surface area contributed by atoms with Crippen LogP contribution in [0.4, 0.5) is 18.9 Å². The van der Waals surface area contributed by atoms with Gasteiger partial charge in [0, 0.05) is 34.5 Å². The summed E-state index contributed by atoms with van der Waals surface area (Å²) in [5, 5.41) is 11.4. The third kappa shape index (κ3) is 4.22. The zero-order chi connectivity index (χ0) is 15.5. The number of carboxylic acid groups (broad SMARTS) is 1. The lowest BCUT2D eigenvalue weighted by molar-refractivity contribution is -0.137. The Bertz CT molecular complexity index is 531. The Morgan fingerprint density at radius 3 is 2.50 bits per heavy atom. The number of aromatic carboxylic acids is 1. The van der Waals surface area contributed by atoms with Gasteiger partial charge in [-0.1, -0.05) is 0 Å². The zero-order valence-corrected chi connectivity index (χ0v) is 11.6. The third-order valence-corrected chi connectivity index (χ3v) is 4.02. The van der Waals surface area contributed by atoms with Crippen LogP contribution in [0, 0.1) is 0 Å². The Hall–Kier alpha value is -1.57. The predicted octanol–water partition coefficient (Wildman–Crippen LogP) is 2.58. The number of anilines is 1. The van der Waals surface area contributed by atoms with E-state index in [4.69, 9.17) is 5.11 Å². The number of carboxylic acids is 1. The van der Waals surface area contributed by atoms with Crippen LogP contribution in [0.1, 0.15) is 22.8 Å². The second kappa shape index (κ2) is 6.25. The normalized spacial score (nSPS) is 14.7. The van der Waals surface area contributed by atoms with Gasteiger partial charge >= 0.3 is 12.1 Å². The highest BCUT2D eigenvalue weighted by molar-refractivity contribution is 7.84. The van der Waals surface area contributed by atoms with Gasteiger partial charge in [0.2, 0.25) is 0 Å². The molecule has 0 aliphatic rings. The fourth-order valence-corrected chi connectivity index (χ4v) is 1.74. The predicted molar refractivity (Wildman–Crippen MR) is 70.4 cm³/mol. The molecule has 0 saturated heterocycles. The highest BCUT2D eigenvalue weighted by Gasteiger charge is 2.31. The molecule has 0 aliphatic carbocycles. The summed E-state index contributed by atoms with van der Waals surface area (Å²) in [5.74, 6) is -1.45. The lowest BCUT2D eigenvalue weighted by Crippen LogP contribution is -2.22. The van der Waals surface area contributed by atoms with Crippen molar-refractivity contribution in [1.29, 1.82) is 0 Å². The summed E-state index contributed by atoms with van der Waals surface area (Å²) in [5.41, 5.74) is -1.41. The van der Waals surface area contributed by atoms with Crippen LogP contribution in [0.3, 0.4) is 0 Å². The first-order valence-corrected chi connectivity index (χ1v) is 7.25. The molecule has 1 aromatic carbocycles. The van der Waals surface area contributed by atoms with Crippen LogP contribution in [-0.2, 0) is 17.0 Å². The minimum absolute atomic E-state index is 0.0720. The van der Waals surface area contributed by atoms with Crippen molar-refractivity contribution in [3.05, 3.63) is 29.3 Å². The molecule has 1 rings (SSSR count). The van der Waals surface area contributed by atoms with Crippen LogP contribution in [0.15, 0.2) is 18.2 Å². The standard InChI is InChI=1S/C12H14F3NO3S/c1-7(20(2)19)6-16-10-4-3-8(12(13,14)15)5-9(10)11(17)18/h3-5,7,16H,6H2,1-2H3,(H,17,18). The summed E-state index contributed by atoms with van der Waals surface area (Å²) in [4.78, 5) is 11.0. The molecular weight excluding hydrogens is 295 g/mol. The van der Waals surface area contributed by atoms with Crippen molar-refractivity contribution < 1.29 is 27.3 Å². The van der Waals surface area contributed by atoms with E-state index in [1.165, 1.54) is 6.26 Å². The van der Waals surface area contributed by atoms with Crippen molar-refractivity contribution in [1.82, 2.24) is 0 Å². The number of rotatable bonds is 5. The summed E-state index contributed by atoms with van der Waals surface area (Å²) in [7, 11) is -1.11. The molecule has 1 aromatic rings. The van der Waals surface area contributed by atoms with Gasteiger partial charge in [0.05, 0.1) is 11.1 Å². The van der Waals surface area contributed by atoms with Crippen molar-refractivity contribution in [3.8, 4) is 0 Å². The van der Waals surface area contributed by atoms with Crippen LogP contribution in [0.2, 0.25) is 0 Å². The molecule has 8 heteroatoms. The lowest BCUT2D eigenvalue weighted by atomic mass is 10.1. The molecule has 0 fully saturated rings. The Morgan fingerprint density at radius 1 is 1.45 bits per heavy atom. The minimum atomic E-state index is -4.60. The molecule has 0 spiro atoms. The molecular formula is C12H14F3NO3S. The fraction of sp³-hybridized carbons (Fsp3) is 0.417. The first-order valence-electron chi connectivity index (χ1n) is 5.63. The number of carbonyl (C=O) groups is 1. The second-order valence-electron chi connectivity index (χ2n) is 4.25. The van der Waals surface area contributed by atoms with Crippen molar-refractivity contribution in [2.75, 3.05) is 18.1 Å². The Balaban J connectivity index is 3.02. The van der Waals surface area contributed by atoms with E-state index in [1.54, 1.807) is 6.92 Å². The summed E-state index contributed by atoms with van der Waals surface area (Å²) in [6.07, 6.45) is -3.10. The van der Waals surface area contributed by atoms with E-state index in [-0.39, 0.29) is 17.5 Å². The number of halogens is 3. The van der Waals surface area contributed by atoms with Gasteiger partial charge in [0.15, 0.2) is 0 Å². The molecule has 2 atom stereocenters. The van der Waals surface area contributed by atoms with Crippen LogP contribution < -0.4 is 5.32 Å². The molecule has 0 saturated carbocycles. The summed E-state index contributed by atoms with van der Waals surface area (Å²) in [6.45, 7) is 1.89. The Labute approximate surface area is 116 Å². The minimum Gasteiger partial charge on any atom is -0.478 e. The quantitative estimate of drug-likeness (QED) is 0.877. The smallest absolute Gasteiger partial charge is 0.416 e. The van der Waals surface area contributed by atoms with Gasteiger partial charge in [-0.25, -0.2) is 4.79 Å². The van der Waals surface area contributed by atoms with Gasteiger partial charge < -0.3 is 10.4 Å². The van der Waals surface area contributed by atoms with Gasteiger partial charge in [-0.15, -0.1) is 0 Å². The lowest BCUT2D eigenvalue weighted by Gasteiger charge is -2.15. The van der Waals surface area contributed by atoms with Crippen LogP contribution in [-0.4, -0.2) is 33.3 Å². The van der Waals surface area contributed by atoms with E-state index >= 15 is 0 Å². The molecule has 0 aromatic heterocycles. The summed E-state index contributed by atoms with van der Waals surface area (Å²) >= 11 is 0. The van der Waals surface area contributed by atoms with Crippen LogP contribution >= 0.6 is 0 Å². The van der Waals surface area contributed by atoms with E-state index in [9.17, 15) is 22.2 Å². The average Bonchev–Trinajstić information content (AvgIpc) is 2.34. The van der Waals surface area contributed by atoms with Crippen molar-refractivity contribution in [2.24, 2.45) is 0 Å². The SMILES string of the molecule is CC(CNc1ccc(C(F)(F)F)cc1C(=O)O)S(C)=O. The Morgan fingerprint density at radius 2 is 2.05 bits per heavy atom. The number of hydrogen-bond donors (Lipinski definition) is 2. The van der Waals surface area contributed by atoms with E-state index in [0.717, 1.165) is 12.1 Å². The molecule has 4 nitrogen and oxygen atoms in total. The van der Waals surface area contributed by atoms with Gasteiger partial charge in [0.1, 0.15) is 0 Å². The molecule has 2 unspecified atom stereocenters. The maximum atomic E-state index is 12.5. The van der Waals surface area contributed by atoms with Gasteiger partial charge in [-0.05, 0) is 25.1 Å². The topological polar surface area (TPSA) is 66.4 Å². The molecule has 0 heterocycles. The second-order valence-corrected chi connectivity index (χ2v) is 6.06. The molecule has 112 valence electrons. The first kappa shape index (κ1) is 16.5. The van der Waals surface area contributed by atoms with Gasteiger partial charge in [-0.2, -0.15) is 13.2 Å². The van der Waals surface area contributed by atoms with E-state index in [2.05, 4.69) is 5.32 Å². The number of alkyl halides is 3. The van der Waals surface area contributed by atoms with Gasteiger partial charge in [-0.3, -0.25) is 4.21 Å². The highest BCUT2D eigenvalue weighted by Crippen LogP contribution is 2.31. The number of benzene rings is 1. The largest absolute Gasteiger partial charge is 0.478 e. The molecule has 0 amide bonds. The first-order chi connectivity index (χ1) is 9.12. The summed E-state index contributed by atoms with van der Waals surface area (Å²) in [6, 6.07) is 2.46. The van der Waals surface area contributed by atoms with Crippen LogP contribution in [0.25, 0.3) is 0 Å². The van der Waals surface area contributed by atoms with Crippen molar-refractivity contribution in [2.45, 2.75) is 18.3 Å². The van der Waals surface area contributed by atoms with E-state index < -0.39 is 34.1 Å². The molecule has 20 heavy (non-hydrogen) atoms. The highest BCUT2D eigenvalue weighted by atomic mass is 32.2. The molecule has 0 aliphatic heterocycles. The summed E-state index contributed by atoms with van der Waals surface area (Å²) < 4.78 is 48.8. The zero-order valence-electron chi connectivity index (χ0n) is 10.8. The maximum absolute atomic E-state index is 12.5. The Kier molecular flexibility index (Phi) is 5.15. The van der Waals surface area contributed by atoms with Crippen LogP contribution in [0.5, 0.6) is 0 Å². The monoisotopic (exact) mass is 309 g/mol. The maximum Gasteiger partial charge on any atom is 0.416 e. The third-order valence-electron chi connectivity index (χ3n) is 2.72. The number of hydrogen-bond acceptors (Lipinski definition) is 3. The molecule has 0 bridgehead atoms. The van der Waals surface area contributed by atoms with Crippen molar-refractivity contribution >= 4 is 22.5 Å². The van der Waals surface area contributed by atoms with Crippen molar-refractivity contribution in [3.63, 3.8) is 0 Å². The molecule has 0 radical (unpaired) electrons. The fourth-order valence-electron chi connectivity index (χ4n) is 1.42.